The largest absolute Gasteiger partial charge is 0.493 e. The molecule has 2 aromatic carbocycles. The highest BCUT2D eigenvalue weighted by Crippen LogP contribution is 2.39. The fourth-order valence-electron chi connectivity index (χ4n) is 3.70. The van der Waals surface area contributed by atoms with Gasteiger partial charge in [0.1, 0.15) is 11.6 Å². The zero-order chi connectivity index (χ0) is 25.8. The third-order valence-electron chi connectivity index (χ3n) is 5.33. The summed E-state index contributed by atoms with van der Waals surface area (Å²) in [6, 6.07) is 7.08. The van der Waals surface area contributed by atoms with E-state index in [1.807, 2.05) is 0 Å². The van der Waals surface area contributed by atoms with E-state index in [0.717, 1.165) is 22.9 Å². The number of carbonyl (C=O) groups is 1. The molecule has 1 N–H and O–H groups in total. The second kappa shape index (κ2) is 8.22. The monoisotopic (exact) mass is 504 g/mol. The van der Waals surface area contributed by atoms with E-state index in [2.05, 4.69) is 14.8 Å². The number of aromatic nitrogens is 4. The van der Waals surface area contributed by atoms with E-state index in [4.69, 9.17) is 4.74 Å². The molecule has 0 amide bonds. The zero-order valence-corrected chi connectivity index (χ0v) is 18.1. The van der Waals surface area contributed by atoms with Gasteiger partial charge in [0, 0.05) is 48.1 Å². The number of alkyl halides is 3. The quantitative estimate of drug-likeness (QED) is 0.365. The maximum Gasteiger partial charge on any atom is 0.493 e. The van der Waals surface area contributed by atoms with Crippen molar-refractivity contribution in [3.05, 3.63) is 77.1 Å². The number of imidazole rings is 1. The first-order valence-electron chi connectivity index (χ1n) is 10.1. The molecule has 0 radical (unpaired) electrons. The number of nitrogens with one attached hydrogen (secondary N) is 1. The lowest BCUT2D eigenvalue weighted by atomic mass is 10.0. The molecule has 0 aliphatic heterocycles. The summed E-state index contributed by atoms with van der Waals surface area (Å²) in [4.78, 5) is 35.6. The summed E-state index contributed by atoms with van der Waals surface area (Å²) in [6.45, 7) is 0. The predicted molar refractivity (Wildman–Crippen MR) is 116 cm³/mol. The molecule has 0 atom stereocenters. The number of pyridine rings is 1. The third kappa shape index (κ3) is 3.93. The van der Waals surface area contributed by atoms with Gasteiger partial charge in [-0.25, -0.2) is 18.6 Å². The molecule has 0 aliphatic carbocycles. The summed E-state index contributed by atoms with van der Waals surface area (Å²) < 4.78 is 73.2. The number of carbonyl (C=O) groups excluding carboxylic acids is 1. The molecular formula is C23H13F5N4O4. The minimum Gasteiger partial charge on any atom is -0.454 e. The number of fused-ring (bicyclic) bond motifs is 2. The number of halogens is 5. The van der Waals surface area contributed by atoms with E-state index in [1.54, 1.807) is 6.07 Å². The molecular weight excluding hydrogens is 491 g/mol. The first-order valence-corrected chi connectivity index (χ1v) is 10.1. The van der Waals surface area contributed by atoms with Crippen LogP contribution in [0.2, 0.25) is 0 Å². The van der Waals surface area contributed by atoms with Crippen molar-refractivity contribution in [2.45, 2.75) is 6.18 Å². The molecule has 0 unspecified atom stereocenters. The molecule has 0 bridgehead atoms. The number of benzene rings is 2. The van der Waals surface area contributed by atoms with E-state index >= 15 is 0 Å². The van der Waals surface area contributed by atoms with Crippen LogP contribution in [-0.4, -0.2) is 31.4 Å². The average Bonchev–Trinajstić information content (AvgIpc) is 3.44. The molecule has 0 aliphatic rings. The minimum absolute atomic E-state index is 0.0556. The van der Waals surface area contributed by atoms with Crippen LogP contribution in [0, 0.1) is 11.6 Å². The number of H-pyrrole nitrogens is 1. The van der Waals surface area contributed by atoms with Gasteiger partial charge in [0.15, 0.2) is 17.1 Å². The number of nitrogens with zero attached hydrogens (tertiary/aromatic N) is 3. The first-order chi connectivity index (χ1) is 17.0. The number of hydrogen-bond donors (Lipinski definition) is 1. The molecule has 5 aromatic rings. The van der Waals surface area contributed by atoms with Gasteiger partial charge in [0.2, 0.25) is 0 Å². The van der Waals surface area contributed by atoms with Gasteiger partial charge in [0.25, 0.3) is 5.56 Å². The lowest BCUT2D eigenvalue weighted by molar-refractivity contribution is -0.199. The van der Waals surface area contributed by atoms with Crippen molar-refractivity contribution in [2.24, 2.45) is 7.05 Å². The minimum atomic E-state index is -5.29. The van der Waals surface area contributed by atoms with Gasteiger partial charge < -0.3 is 19.1 Å². The topological polar surface area (TPSA) is 91.1 Å². The maximum atomic E-state index is 14.3. The van der Waals surface area contributed by atoms with Crippen LogP contribution in [0.3, 0.4) is 0 Å². The molecule has 36 heavy (non-hydrogen) atoms. The Kier molecular flexibility index (Phi) is 5.27. The number of hydrogen-bond acceptors (Lipinski definition) is 5. The second-order valence-corrected chi connectivity index (χ2v) is 7.68. The Balaban J connectivity index is 1.72. The summed E-state index contributed by atoms with van der Waals surface area (Å²) in [6.07, 6.45) is -1.49. The number of aryl methyl sites for hydroxylation is 1. The molecule has 0 fully saturated rings. The highest BCUT2D eigenvalue weighted by atomic mass is 19.4. The highest BCUT2D eigenvalue weighted by Gasteiger charge is 2.42. The molecule has 13 heteroatoms. The second-order valence-electron chi connectivity index (χ2n) is 7.68. The Bertz CT molecular complexity index is 1720. The van der Waals surface area contributed by atoms with Crippen LogP contribution in [0.25, 0.3) is 33.1 Å². The van der Waals surface area contributed by atoms with E-state index in [9.17, 15) is 31.5 Å². The molecule has 184 valence electrons. The lowest BCUT2D eigenvalue weighted by Gasteiger charge is -2.15. The Labute approximate surface area is 197 Å². The van der Waals surface area contributed by atoms with Gasteiger partial charge in [-0.2, -0.15) is 17.9 Å². The van der Waals surface area contributed by atoms with Crippen molar-refractivity contribution in [1.82, 2.24) is 19.3 Å². The Morgan fingerprint density at radius 2 is 1.83 bits per heavy atom. The SMILES string of the molecule is Cn1cc(-c2cc3[nH]cnc3cc2Oc2ccc(F)cc2F)c2ccn(OC(=O)C(F)(F)F)c2c1=O. The summed E-state index contributed by atoms with van der Waals surface area (Å²) in [5.74, 6) is -4.54. The smallest absolute Gasteiger partial charge is 0.454 e. The van der Waals surface area contributed by atoms with Gasteiger partial charge in [0.05, 0.1) is 17.4 Å². The van der Waals surface area contributed by atoms with Crippen LogP contribution in [0.1, 0.15) is 0 Å². The fourth-order valence-corrected chi connectivity index (χ4v) is 3.70. The summed E-state index contributed by atoms with van der Waals surface area (Å²) in [5.41, 5.74) is 0.439. The van der Waals surface area contributed by atoms with Crippen molar-refractivity contribution >= 4 is 27.9 Å². The van der Waals surface area contributed by atoms with Crippen LogP contribution in [0.5, 0.6) is 11.5 Å². The van der Waals surface area contributed by atoms with Crippen LogP contribution >= 0.6 is 0 Å². The van der Waals surface area contributed by atoms with Crippen LogP contribution in [0.15, 0.2) is 59.9 Å². The first kappa shape index (κ1) is 23.1. The Morgan fingerprint density at radius 3 is 2.56 bits per heavy atom. The number of rotatable bonds is 4. The number of aromatic amines is 1. The van der Waals surface area contributed by atoms with Crippen molar-refractivity contribution in [2.75, 3.05) is 0 Å². The maximum absolute atomic E-state index is 14.3. The van der Waals surface area contributed by atoms with Crippen LogP contribution in [0.4, 0.5) is 22.0 Å². The molecule has 8 nitrogen and oxygen atoms in total. The molecule has 0 saturated carbocycles. The van der Waals surface area contributed by atoms with Gasteiger partial charge >= 0.3 is 12.1 Å². The summed E-state index contributed by atoms with van der Waals surface area (Å²) >= 11 is 0. The molecule has 5 rings (SSSR count). The van der Waals surface area contributed by atoms with Crippen LogP contribution in [-0.2, 0) is 11.8 Å². The van der Waals surface area contributed by atoms with Gasteiger partial charge in [-0.15, -0.1) is 0 Å². The normalized spacial score (nSPS) is 11.8. The van der Waals surface area contributed by atoms with Gasteiger partial charge in [-0.1, -0.05) is 0 Å². The van der Waals surface area contributed by atoms with Gasteiger partial charge in [-0.3, -0.25) is 4.79 Å². The van der Waals surface area contributed by atoms with Crippen molar-refractivity contribution in [1.29, 1.82) is 0 Å². The van der Waals surface area contributed by atoms with Crippen molar-refractivity contribution < 1.29 is 36.3 Å². The third-order valence-corrected chi connectivity index (χ3v) is 5.33. The fraction of sp³-hybridized carbons (Fsp3) is 0.0870. The Hall–Kier alpha value is -4.68. The van der Waals surface area contributed by atoms with E-state index in [0.29, 0.717) is 21.8 Å². The molecule has 3 aromatic heterocycles. The predicted octanol–water partition coefficient (Wildman–Crippen LogP) is 4.47. The van der Waals surface area contributed by atoms with Crippen LogP contribution < -0.4 is 15.1 Å². The van der Waals surface area contributed by atoms with E-state index < -0.39 is 29.3 Å². The summed E-state index contributed by atoms with van der Waals surface area (Å²) in [5, 5.41) is 0.122. The van der Waals surface area contributed by atoms with Crippen molar-refractivity contribution in [3.8, 4) is 22.6 Å². The molecule has 0 spiro atoms. The number of ether oxygens (including phenoxy) is 1. The van der Waals surface area contributed by atoms with E-state index in [-0.39, 0.29) is 33.5 Å². The molecule has 0 saturated heterocycles. The average molecular weight is 504 g/mol. The standard InChI is InChI=1S/C23H13F5N4O4/c1-31-9-14(12-4-5-32(20(12)21(31)33)36-22(34)23(26,27)28)13-7-16-17(30-10-29-16)8-19(13)35-18-3-2-11(24)6-15(18)25/h2-10H,1H3,(H,29,30). The lowest BCUT2D eigenvalue weighted by Crippen LogP contribution is -2.34. The van der Waals surface area contributed by atoms with Crippen molar-refractivity contribution in [3.63, 3.8) is 0 Å². The summed E-state index contributed by atoms with van der Waals surface area (Å²) in [7, 11) is 1.35. The Morgan fingerprint density at radius 1 is 1.06 bits per heavy atom. The highest BCUT2D eigenvalue weighted by molar-refractivity contribution is 5.99. The zero-order valence-electron chi connectivity index (χ0n) is 18.1. The molecule has 3 heterocycles. The van der Waals surface area contributed by atoms with Gasteiger partial charge in [-0.05, 0) is 24.3 Å². The van der Waals surface area contributed by atoms with E-state index in [1.165, 1.54) is 31.7 Å².